The van der Waals surface area contributed by atoms with Crippen molar-refractivity contribution in [2.45, 2.75) is 71.6 Å². The molecular weight excluding hydrogens is 358 g/mol. The minimum Gasteiger partial charge on any atom is -0.316 e. The Bertz CT molecular complexity index is 695. The van der Waals surface area contributed by atoms with Crippen molar-refractivity contribution in [1.82, 2.24) is 5.32 Å². The molecular formula is C26H39NO2. The minimum atomic E-state index is -0.0902. The van der Waals surface area contributed by atoms with E-state index in [1.54, 1.807) is 0 Å². The van der Waals surface area contributed by atoms with Crippen molar-refractivity contribution < 1.29 is 9.59 Å². The Hall–Kier alpha value is -0.960. The number of hydrogen-bond acceptors (Lipinski definition) is 3. The molecule has 1 saturated heterocycles. The number of Topliss-reactive ketones (excluding diaryl/α,β-unsaturated/α-hetero) is 1. The molecule has 9 atom stereocenters. The molecule has 0 aromatic carbocycles. The molecule has 3 nitrogen and oxygen atoms in total. The summed E-state index contributed by atoms with van der Waals surface area (Å²) in [4.78, 5) is 24.9. The van der Waals surface area contributed by atoms with Crippen LogP contribution in [0, 0.1) is 52.3 Å². The van der Waals surface area contributed by atoms with E-state index in [1.165, 1.54) is 38.4 Å². The van der Waals surface area contributed by atoms with E-state index in [-0.39, 0.29) is 11.3 Å². The smallest absolute Gasteiger partial charge is 0.139 e. The third-order valence-electron chi connectivity index (χ3n) is 10.4. The van der Waals surface area contributed by atoms with Gasteiger partial charge in [0.1, 0.15) is 12.1 Å². The maximum absolute atomic E-state index is 12.7. The van der Waals surface area contributed by atoms with Crippen LogP contribution in [0.15, 0.2) is 12.2 Å². The summed E-state index contributed by atoms with van der Waals surface area (Å²) in [7, 11) is 0. The topological polar surface area (TPSA) is 46.2 Å². The second-order valence-corrected chi connectivity index (χ2v) is 11.6. The second kappa shape index (κ2) is 7.32. The van der Waals surface area contributed by atoms with E-state index >= 15 is 0 Å². The number of carbonyl (C=O) groups excluding carboxylic acids is 2. The highest BCUT2D eigenvalue weighted by atomic mass is 16.1. The number of fused-ring (bicyclic) bond motifs is 5. The summed E-state index contributed by atoms with van der Waals surface area (Å²) in [5, 5.41) is 3.46. The highest BCUT2D eigenvalue weighted by Gasteiger charge is 2.62. The van der Waals surface area contributed by atoms with Crippen LogP contribution in [-0.2, 0) is 9.59 Å². The van der Waals surface area contributed by atoms with Gasteiger partial charge in [0.05, 0.1) is 0 Å². The van der Waals surface area contributed by atoms with Crippen LogP contribution in [0.5, 0.6) is 0 Å². The van der Waals surface area contributed by atoms with Crippen molar-refractivity contribution in [3.05, 3.63) is 12.2 Å². The standard InChI is InChI=1S/C26H39NO2/c1-25-10-7-17(3-4-18-9-12-27-15-18)13-23(25)19(16-28)14-20-21-5-6-24(29)26(21,2)11-8-22(20)25/h3-4,16-23,27H,5-15H2,1-2H3/t17-,18+,19?,20+,21+,22+,23?,25-,26+/m1/s1. The van der Waals surface area contributed by atoms with Crippen molar-refractivity contribution in [2.75, 3.05) is 13.1 Å². The van der Waals surface area contributed by atoms with Crippen molar-refractivity contribution in [3.63, 3.8) is 0 Å². The zero-order valence-corrected chi connectivity index (χ0v) is 18.4. The molecule has 4 saturated carbocycles. The van der Waals surface area contributed by atoms with Gasteiger partial charge in [0.2, 0.25) is 0 Å². The number of carbonyl (C=O) groups is 2. The molecule has 1 heterocycles. The Kier molecular flexibility index (Phi) is 5.04. The summed E-state index contributed by atoms with van der Waals surface area (Å²) < 4.78 is 0. The predicted molar refractivity (Wildman–Crippen MR) is 115 cm³/mol. The summed E-state index contributed by atoms with van der Waals surface area (Å²) in [6.07, 6.45) is 16.5. The van der Waals surface area contributed by atoms with E-state index < -0.39 is 0 Å². The van der Waals surface area contributed by atoms with Gasteiger partial charge in [-0.1, -0.05) is 26.0 Å². The molecule has 5 aliphatic rings. The Balaban J connectivity index is 1.37. The highest BCUT2D eigenvalue weighted by Crippen LogP contribution is 2.66. The summed E-state index contributed by atoms with van der Waals surface area (Å²) in [6, 6.07) is 0. The third kappa shape index (κ3) is 3.09. The maximum atomic E-state index is 12.7. The Morgan fingerprint density at radius 3 is 2.52 bits per heavy atom. The number of rotatable bonds is 3. The Morgan fingerprint density at radius 1 is 0.931 bits per heavy atom. The third-order valence-corrected chi connectivity index (χ3v) is 10.4. The second-order valence-electron chi connectivity index (χ2n) is 11.6. The number of hydrogen-bond donors (Lipinski definition) is 1. The van der Waals surface area contributed by atoms with Crippen LogP contribution in [0.3, 0.4) is 0 Å². The first-order valence-electron chi connectivity index (χ1n) is 12.3. The first-order valence-corrected chi connectivity index (χ1v) is 12.3. The molecule has 29 heavy (non-hydrogen) atoms. The molecule has 4 aliphatic carbocycles. The zero-order chi connectivity index (χ0) is 20.2. The van der Waals surface area contributed by atoms with Crippen LogP contribution in [-0.4, -0.2) is 25.2 Å². The van der Waals surface area contributed by atoms with Gasteiger partial charge in [-0.3, -0.25) is 4.79 Å². The molecule has 1 aliphatic heterocycles. The number of ketones is 1. The molecule has 5 rings (SSSR count). The highest BCUT2D eigenvalue weighted by molar-refractivity contribution is 5.87. The van der Waals surface area contributed by atoms with Gasteiger partial charge in [0, 0.05) is 24.3 Å². The van der Waals surface area contributed by atoms with E-state index in [4.69, 9.17) is 0 Å². The lowest BCUT2D eigenvalue weighted by molar-refractivity contribution is -0.152. The van der Waals surface area contributed by atoms with Gasteiger partial charge in [-0.25, -0.2) is 0 Å². The molecule has 0 amide bonds. The number of allylic oxidation sites excluding steroid dienone is 1. The largest absolute Gasteiger partial charge is 0.316 e. The maximum Gasteiger partial charge on any atom is 0.139 e. The van der Waals surface area contributed by atoms with E-state index in [9.17, 15) is 9.59 Å². The van der Waals surface area contributed by atoms with Crippen molar-refractivity contribution in [1.29, 1.82) is 0 Å². The molecule has 2 unspecified atom stereocenters. The van der Waals surface area contributed by atoms with Crippen LogP contribution < -0.4 is 5.32 Å². The van der Waals surface area contributed by atoms with Gasteiger partial charge >= 0.3 is 0 Å². The van der Waals surface area contributed by atoms with E-state index in [2.05, 4.69) is 31.3 Å². The lowest BCUT2D eigenvalue weighted by Gasteiger charge is -2.61. The van der Waals surface area contributed by atoms with Gasteiger partial charge < -0.3 is 10.1 Å². The summed E-state index contributed by atoms with van der Waals surface area (Å²) in [6.45, 7) is 7.04. The Morgan fingerprint density at radius 2 is 1.76 bits per heavy atom. The molecule has 0 aromatic heterocycles. The average molecular weight is 398 g/mol. The van der Waals surface area contributed by atoms with Gasteiger partial charge in [-0.2, -0.15) is 0 Å². The van der Waals surface area contributed by atoms with Crippen LogP contribution >= 0.6 is 0 Å². The van der Waals surface area contributed by atoms with Crippen molar-refractivity contribution >= 4 is 12.1 Å². The van der Waals surface area contributed by atoms with E-state index in [1.807, 2.05) is 0 Å². The SMILES string of the molecule is C[C@]12CC[C@@H](C=C[C@H]3CCNC3)CC1C(C=O)C[C@@H]1[C@@H]2CC[C@]2(C)C(=O)CC[C@@H]12. The fraction of sp³-hybridized carbons (Fsp3) is 0.846. The molecule has 0 radical (unpaired) electrons. The van der Waals surface area contributed by atoms with Gasteiger partial charge in [-0.05, 0) is 98.8 Å². The quantitative estimate of drug-likeness (QED) is 0.549. The first kappa shape index (κ1) is 20.0. The van der Waals surface area contributed by atoms with Crippen molar-refractivity contribution in [3.8, 4) is 0 Å². The van der Waals surface area contributed by atoms with Gasteiger partial charge in [-0.15, -0.1) is 0 Å². The van der Waals surface area contributed by atoms with E-state index in [0.717, 1.165) is 44.7 Å². The zero-order valence-electron chi connectivity index (χ0n) is 18.4. The van der Waals surface area contributed by atoms with Crippen LogP contribution in [0.4, 0.5) is 0 Å². The molecule has 5 fully saturated rings. The number of aldehydes is 1. The first-order chi connectivity index (χ1) is 14.0. The summed E-state index contributed by atoms with van der Waals surface area (Å²) in [5.41, 5.74) is 0.202. The normalized spacial score (nSPS) is 52.2. The molecule has 3 heteroatoms. The summed E-state index contributed by atoms with van der Waals surface area (Å²) in [5.74, 6) is 4.43. The van der Waals surface area contributed by atoms with Crippen LogP contribution in [0.1, 0.15) is 71.6 Å². The van der Waals surface area contributed by atoms with Crippen molar-refractivity contribution in [2.24, 2.45) is 52.3 Å². The molecule has 0 spiro atoms. The lowest BCUT2D eigenvalue weighted by atomic mass is 9.42. The fourth-order valence-corrected chi connectivity index (χ4v) is 8.68. The van der Waals surface area contributed by atoms with Gasteiger partial charge in [0.15, 0.2) is 0 Å². The molecule has 1 N–H and O–H groups in total. The summed E-state index contributed by atoms with van der Waals surface area (Å²) >= 11 is 0. The molecule has 0 bridgehead atoms. The van der Waals surface area contributed by atoms with Crippen LogP contribution in [0.25, 0.3) is 0 Å². The molecule has 160 valence electrons. The van der Waals surface area contributed by atoms with Crippen LogP contribution in [0.2, 0.25) is 0 Å². The minimum absolute atomic E-state index is 0.0902. The average Bonchev–Trinajstić information content (AvgIpc) is 3.34. The Labute approximate surface area is 176 Å². The van der Waals surface area contributed by atoms with E-state index in [0.29, 0.717) is 40.8 Å². The monoisotopic (exact) mass is 397 g/mol. The lowest BCUT2D eigenvalue weighted by Crippen LogP contribution is -2.56. The predicted octanol–water partition coefficient (Wildman–Crippen LogP) is 4.81. The molecule has 0 aromatic rings. The van der Waals surface area contributed by atoms with Gasteiger partial charge in [0.25, 0.3) is 0 Å². The fourth-order valence-electron chi connectivity index (χ4n) is 8.68. The number of nitrogens with one attached hydrogen (secondary N) is 1.